The lowest BCUT2D eigenvalue weighted by molar-refractivity contribution is -0.142. The number of imidazole rings is 1. The molecule has 1 saturated heterocycles. The molecule has 4 aromatic heterocycles. The molecule has 44 heavy (non-hydrogen) atoms. The van der Waals surface area contributed by atoms with Crippen LogP contribution in [0.2, 0.25) is 0 Å². The highest BCUT2D eigenvalue weighted by molar-refractivity contribution is 7.17. The van der Waals surface area contributed by atoms with Crippen LogP contribution in [0.1, 0.15) is 36.0 Å². The number of alkyl halides is 3. The molecule has 230 valence electrons. The van der Waals surface area contributed by atoms with Gasteiger partial charge in [0.1, 0.15) is 17.8 Å². The summed E-state index contributed by atoms with van der Waals surface area (Å²) < 4.78 is 51.1. The third-order valence-electron chi connectivity index (χ3n) is 9.59. The second-order valence-electron chi connectivity index (χ2n) is 12.5. The van der Waals surface area contributed by atoms with Crippen LogP contribution in [0.4, 0.5) is 13.2 Å². The van der Waals surface area contributed by atoms with Gasteiger partial charge in [-0.25, -0.2) is 4.98 Å². The van der Waals surface area contributed by atoms with Crippen LogP contribution >= 0.6 is 11.3 Å². The molecule has 2 bridgehead atoms. The van der Waals surface area contributed by atoms with Crippen molar-refractivity contribution in [1.82, 2.24) is 28.8 Å². The Bertz CT molecular complexity index is 1930. The average Bonchev–Trinajstić information content (AvgIpc) is 3.44. The summed E-state index contributed by atoms with van der Waals surface area (Å²) >= 11 is 1.55. The molecule has 2 aliphatic carbocycles. The lowest BCUT2D eigenvalue weighted by Crippen LogP contribution is -2.41. The van der Waals surface area contributed by atoms with Crippen molar-refractivity contribution in [2.24, 2.45) is 24.6 Å². The standard InChI is InChI=1S/C31H32F3N7O2S/c1-38-28-21(7-18(8-24(28)43-2)30(42)41-13-17-5-6-22(41)26(17)35)37-29(38)23-9-25-27(40(23)11-16-3-4-16)20(14-44-25)19-10-36-39(12-19)15-31(32,33)34/h7-10,12,14,16-17,22,26H,3-6,11,13,15,35H2,1-2H3/t17-,22-,26-/m1/s1. The normalized spacial score (nSPS) is 21.8. The molecule has 2 N–H and O–H groups in total. The fourth-order valence-electron chi connectivity index (χ4n) is 7.25. The highest BCUT2D eigenvalue weighted by Crippen LogP contribution is 2.43. The quantitative estimate of drug-likeness (QED) is 0.252. The number of ether oxygens (including phenoxy) is 1. The minimum Gasteiger partial charge on any atom is -0.494 e. The number of benzene rings is 1. The Kier molecular flexibility index (Phi) is 6.19. The molecule has 3 fully saturated rings. The Morgan fingerprint density at radius 1 is 1.16 bits per heavy atom. The van der Waals surface area contributed by atoms with Gasteiger partial charge in [-0.05, 0) is 55.7 Å². The van der Waals surface area contributed by atoms with Crippen molar-refractivity contribution in [2.45, 2.75) is 57.0 Å². The van der Waals surface area contributed by atoms with Crippen LogP contribution in [0.25, 0.3) is 43.9 Å². The van der Waals surface area contributed by atoms with E-state index in [0.717, 1.165) is 69.7 Å². The number of nitrogens with zero attached hydrogens (tertiary/aromatic N) is 6. The van der Waals surface area contributed by atoms with Crippen LogP contribution in [0.3, 0.4) is 0 Å². The number of carbonyl (C=O) groups is 1. The number of halogens is 3. The Balaban J connectivity index is 1.22. The van der Waals surface area contributed by atoms with Crippen LogP contribution in [0.15, 0.2) is 36.0 Å². The van der Waals surface area contributed by atoms with Crippen molar-refractivity contribution in [3.63, 3.8) is 0 Å². The highest BCUT2D eigenvalue weighted by atomic mass is 32.1. The first kappa shape index (κ1) is 27.7. The first-order valence-corrected chi connectivity index (χ1v) is 15.8. The summed E-state index contributed by atoms with van der Waals surface area (Å²) in [6.45, 7) is 0.328. The number of rotatable bonds is 7. The maximum Gasteiger partial charge on any atom is 0.408 e. The molecule has 9 nitrogen and oxygen atoms in total. The summed E-state index contributed by atoms with van der Waals surface area (Å²) in [6, 6.07) is 5.85. The molecule has 2 saturated carbocycles. The van der Waals surface area contributed by atoms with Gasteiger partial charge in [0.05, 0.1) is 34.7 Å². The number of fused-ring (bicyclic) bond motifs is 4. The van der Waals surface area contributed by atoms with Crippen molar-refractivity contribution in [3.8, 4) is 28.4 Å². The number of aromatic nitrogens is 5. The van der Waals surface area contributed by atoms with E-state index in [1.807, 2.05) is 28.0 Å². The number of amides is 1. The molecule has 5 heterocycles. The van der Waals surface area contributed by atoms with Gasteiger partial charge in [-0.3, -0.25) is 9.48 Å². The molecule has 8 rings (SSSR count). The van der Waals surface area contributed by atoms with Crippen LogP contribution in [0.5, 0.6) is 5.75 Å². The molecule has 0 spiro atoms. The van der Waals surface area contributed by atoms with E-state index in [-0.39, 0.29) is 18.0 Å². The maximum absolute atomic E-state index is 13.7. The zero-order valence-corrected chi connectivity index (χ0v) is 25.2. The van der Waals surface area contributed by atoms with Gasteiger partial charge < -0.3 is 24.5 Å². The SMILES string of the molecule is COc1cc(C(=O)N2C[C@H]3CC[C@@H]2[C@@H]3N)cc2nc(-c3cc4scc(-c5cnn(CC(F)(F)F)c5)c4n3CC3CC3)n(C)c12. The minimum atomic E-state index is -4.35. The molecule has 1 amide bonds. The van der Waals surface area contributed by atoms with E-state index in [2.05, 4.69) is 15.7 Å². The first-order valence-electron chi connectivity index (χ1n) is 14.9. The molecule has 3 atom stereocenters. The van der Waals surface area contributed by atoms with Gasteiger partial charge in [-0.1, -0.05) is 0 Å². The number of piperidine rings is 1. The fraction of sp³-hybridized carbons (Fsp3) is 0.452. The molecule has 0 unspecified atom stereocenters. The van der Waals surface area contributed by atoms with Crippen molar-refractivity contribution < 1.29 is 22.7 Å². The van der Waals surface area contributed by atoms with Gasteiger partial charge in [-0.2, -0.15) is 18.3 Å². The van der Waals surface area contributed by atoms with E-state index >= 15 is 0 Å². The monoisotopic (exact) mass is 623 g/mol. The van der Waals surface area contributed by atoms with Gasteiger partial charge in [0.15, 0.2) is 5.82 Å². The van der Waals surface area contributed by atoms with Gasteiger partial charge in [0, 0.05) is 60.5 Å². The van der Waals surface area contributed by atoms with Crippen molar-refractivity contribution in [3.05, 3.63) is 41.5 Å². The van der Waals surface area contributed by atoms with Crippen LogP contribution in [-0.2, 0) is 20.1 Å². The third kappa shape index (κ3) is 4.42. The molecular weight excluding hydrogens is 591 g/mol. The molecule has 0 radical (unpaired) electrons. The first-order chi connectivity index (χ1) is 21.1. The van der Waals surface area contributed by atoms with E-state index in [1.54, 1.807) is 24.5 Å². The highest BCUT2D eigenvalue weighted by Gasteiger charge is 2.47. The molecule has 5 aromatic rings. The van der Waals surface area contributed by atoms with Crippen molar-refractivity contribution in [1.29, 1.82) is 0 Å². The second kappa shape index (κ2) is 9.83. The predicted octanol–water partition coefficient (Wildman–Crippen LogP) is 5.66. The second-order valence-corrected chi connectivity index (χ2v) is 13.4. The Hall–Kier alpha value is -3.84. The molecule has 3 aliphatic rings. The number of hydrogen-bond donors (Lipinski definition) is 1. The number of aryl methyl sites for hydroxylation is 1. The summed E-state index contributed by atoms with van der Waals surface area (Å²) in [4.78, 5) is 20.7. The zero-order chi connectivity index (χ0) is 30.5. The molecule has 1 aromatic carbocycles. The van der Waals surface area contributed by atoms with E-state index in [1.165, 1.54) is 12.4 Å². The summed E-state index contributed by atoms with van der Waals surface area (Å²) in [5, 5.41) is 5.97. The minimum absolute atomic E-state index is 0.0306. The van der Waals surface area contributed by atoms with E-state index in [0.29, 0.717) is 40.8 Å². The molecule has 13 heteroatoms. The fourth-order valence-corrected chi connectivity index (χ4v) is 8.25. The van der Waals surface area contributed by atoms with Gasteiger partial charge in [-0.15, -0.1) is 11.3 Å². The molecule has 1 aliphatic heterocycles. The predicted molar refractivity (Wildman–Crippen MR) is 162 cm³/mol. The van der Waals surface area contributed by atoms with Gasteiger partial charge in [0.25, 0.3) is 5.91 Å². The maximum atomic E-state index is 13.7. The number of thiophene rings is 1. The summed E-state index contributed by atoms with van der Waals surface area (Å²) in [5.41, 5.74) is 11.8. The van der Waals surface area contributed by atoms with Gasteiger partial charge >= 0.3 is 6.18 Å². The average molecular weight is 624 g/mol. The zero-order valence-electron chi connectivity index (χ0n) is 24.3. The smallest absolute Gasteiger partial charge is 0.408 e. The Morgan fingerprint density at radius 3 is 2.66 bits per heavy atom. The Labute approximate surface area is 255 Å². The van der Waals surface area contributed by atoms with E-state index in [4.69, 9.17) is 15.5 Å². The van der Waals surface area contributed by atoms with Crippen molar-refractivity contribution in [2.75, 3.05) is 13.7 Å². The van der Waals surface area contributed by atoms with Gasteiger partial charge in [0.2, 0.25) is 0 Å². The number of hydrogen-bond acceptors (Lipinski definition) is 6. The van der Waals surface area contributed by atoms with E-state index < -0.39 is 12.7 Å². The third-order valence-corrected chi connectivity index (χ3v) is 10.5. The molecular formula is C31H32F3N7O2S. The number of methoxy groups -OCH3 is 1. The van der Waals surface area contributed by atoms with Crippen LogP contribution in [-0.4, -0.2) is 66.6 Å². The number of carbonyl (C=O) groups excluding carboxylic acids is 1. The largest absolute Gasteiger partial charge is 0.494 e. The summed E-state index contributed by atoms with van der Waals surface area (Å²) in [6.07, 6.45) is 2.87. The van der Waals surface area contributed by atoms with Crippen LogP contribution in [0, 0.1) is 11.8 Å². The summed E-state index contributed by atoms with van der Waals surface area (Å²) in [7, 11) is 3.54. The topological polar surface area (TPSA) is 96.1 Å². The number of nitrogens with two attached hydrogens (primary N) is 1. The van der Waals surface area contributed by atoms with E-state index in [9.17, 15) is 18.0 Å². The lowest BCUT2D eigenvalue weighted by Gasteiger charge is -2.27. The lowest BCUT2D eigenvalue weighted by atomic mass is 10.1. The number of likely N-dealkylation sites (tertiary alicyclic amines) is 1. The Morgan fingerprint density at radius 2 is 1.98 bits per heavy atom. The summed E-state index contributed by atoms with van der Waals surface area (Å²) in [5.74, 6) is 2.13. The van der Waals surface area contributed by atoms with Crippen molar-refractivity contribution >= 4 is 38.5 Å². The van der Waals surface area contributed by atoms with Crippen LogP contribution < -0.4 is 10.5 Å².